The van der Waals surface area contributed by atoms with Crippen molar-refractivity contribution < 1.29 is 19.1 Å². The predicted octanol–water partition coefficient (Wildman–Crippen LogP) is 2.00. The zero-order chi connectivity index (χ0) is 15.0. The SMILES string of the molecule is CCC(=O)N(CCC(=O)OC)Cc1ccc(OC)cc1. The van der Waals surface area contributed by atoms with Crippen LogP contribution in [0.15, 0.2) is 24.3 Å². The van der Waals surface area contributed by atoms with Crippen LogP contribution < -0.4 is 4.74 Å². The normalized spacial score (nSPS) is 9.95. The highest BCUT2D eigenvalue weighted by Crippen LogP contribution is 2.13. The molecule has 0 aromatic heterocycles. The fourth-order valence-electron chi connectivity index (χ4n) is 1.80. The van der Waals surface area contributed by atoms with Gasteiger partial charge < -0.3 is 14.4 Å². The molecule has 0 fully saturated rings. The first kappa shape index (κ1) is 16.0. The molecule has 0 N–H and O–H groups in total. The second-order valence-corrected chi connectivity index (χ2v) is 4.34. The van der Waals surface area contributed by atoms with E-state index in [1.807, 2.05) is 31.2 Å². The Morgan fingerprint density at radius 2 is 1.80 bits per heavy atom. The minimum Gasteiger partial charge on any atom is -0.497 e. The largest absolute Gasteiger partial charge is 0.497 e. The van der Waals surface area contributed by atoms with Crippen molar-refractivity contribution in [2.24, 2.45) is 0 Å². The summed E-state index contributed by atoms with van der Waals surface area (Å²) in [6.45, 7) is 2.65. The molecule has 0 radical (unpaired) electrons. The molecule has 1 aromatic carbocycles. The molecule has 110 valence electrons. The van der Waals surface area contributed by atoms with Crippen molar-refractivity contribution in [3.05, 3.63) is 29.8 Å². The van der Waals surface area contributed by atoms with Crippen molar-refractivity contribution in [3.63, 3.8) is 0 Å². The lowest BCUT2D eigenvalue weighted by Gasteiger charge is -2.22. The fourth-order valence-corrected chi connectivity index (χ4v) is 1.80. The number of ether oxygens (including phenoxy) is 2. The minimum absolute atomic E-state index is 0.0183. The quantitative estimate of drug-likeness (QED) is 0.716. The van der Waals surface area contributed by atoms with Crippen LogP contribution in [0, 0.1) is 0 Å². The van der Waals surface area contributed by atoms with Gasteiger partial charge in [0.2, 0.25) is 5.91 Å². The van der Waals surface area contributed by atoms with Crippen LogP contribution in [0.5, 0.6) is 5.75 Å². The van der Waals surface area contributed by atoms with Gasteiger partial charge in [0.1, 0.15) is 5.75 Å². The number of hydrogen-bond donors (Lipinski definition) is 0. The average Bonchev–Trinajstić information content (AvgIpc) is 2.50. The lowest BCUT2D eigenvalue weighted by atomic mass is 10.2. The Morgan fingerprint density at radius 3 is 2.30 bits per heavy atom. The van der Waals surface area contributed by atoms with Crippen LogP contribution in [0.25, 0.3) is 0 Å². The molecule has 0 unspecified atom stereocenters. The second-order valence-electron chi connectivity index (χ2n) is 4.34. The summed E-state index contributed by atoms with van der Waals surface area (Å²) in [6, 6.07) is 7.52. The van der Waals surface area contributed by atoms with Crippen LogP contribution in [0.2, 0.25) is 0 Å². The van der Waals surface area contributed by atoms with Crippen molar-refractivity contribution >= 4 is 11.9 Å². The van der Waals surface area contributed by atoms with Crippen LogP contribution in [-0.4, -0.2) is 37.5 Å². The number of rotatable bonds is 7. The summed E-state index contributed by atoms with van der Waals surface area (Å²) in [5, 5.41) is 0. The van der Waals surface area contributed by atoms with E-state index in [0.29, 0.717) is 19.5 Å². The average molecular weight is 279 g/mol. The van der Waals surface area contributed by atoms with Gasteiger partial charge in [0.05, 0.1) is 20.6 Å². The van der Waals surface area contributed by atoms with Gasteiger partial charge in [0.25, 0.3) is 0 Å². The number of benzene rings is 1. The summed E-state index contributed by atoms with van der Waals surface area (Å²) in [6.07, 6.45) is 0.621. The van der Waals surface area contributed by atoms with Crippen LogP contribution in [0.3, 0.4) is 0 Å². The number of methoxy groups -OCH3 is 2. The summed E-state index contributed by atoms with van der Waals surface area (Å²) in [7, 11) is 2.95. The molecule has 20 heavy (non-hydrogen) atoms. The summed E-state index contributed by atoms with van der Waals surface area (Å²) >= 11 is 0. The standard InChI is InChI=1S/C15H21NO4/c1-4-14(17)16(10-9-15(18)20-3)11-12-5-7-13(19-2)8-6-12/h5-8H,4,9-11H2,1-3H3. The first-order valence-corrected chi connectivity index (χ1v) is 6.58. The molecule has 1 aromatic rings. The Hall–Kier alpha value is -2.04. The predicted molar refractivity (Wildman–Crippen MR) is 75.3 cm³/mol. The number of esters is 1. The Bertz CT molecular complexity index is 442. The number of carbonyl (C=O) groups is 2. The molecule has 0 saturated carbocycles. The Kier molecular flexibility index (Phi) is 6.56. The van der Waals surface area contributed by atoms with Gasteiger partial charge in [-0.3, -0.25) is 9.59 Å². The molecule has 0 aliphatic heterocycles. The molecule has 0 atom stereocenters. The highest BCUT2D eigenvalue weighted by Gasteiger charge is 2.14. The van der Waals surface area contributed by atoms with E-state index in [2.05, 4.69) is 4.74 Å². The van der Waals surface area contributed by atoms with Gasteiger partial charge >= 0.3 is 5.97 Å². The summed E-state index contributed by atoms with van der Waals surface area (Å²) in [5.41, 5.74) is 0.998. The Morgan fingerprint density at radius 1 is 1.15 bits per heavy atom. The zero-order valence-electron chi connectivity index (χ0n) is 12.2. The molecule has 1 amide bonds. The van der Waals surface area contributed by atoms with Gasteiger partial charge in [-0.15, -0.1) is 0 Å². The lowest BCUT2D eigenvalue weighted by Crippen LogP contribution is -2.32. The Balaban J connectivity index is 2.67. The van der Waals surface area contributed by atoms with Gasteiger partial charge in [0, 0.05) is 19.5 Å². The molecular formula is C15H21NO4. The third kappa shape index (κ3) is 4.91. The fraction of sp³-hybridized carbons (Fsp3) is 0.467. The first-order valence-electron chi connectivity index (χ1n) is 6.58. The molecule has 5 heteroatoms. The van der Waals surface area contributed by atoms with Gasteiger partial charge in [-0.1, -0.05) is 19.1 Å². The minimum atomic E-state index is -0.311. The molecule has 0 saturated heterocycles. The van der Waals surface area contributed by atoms with E-state index in [0.717, 1.165) is 11.3 Å². The smallest absolute Gasteiger partial charge is 0.307 e. The number of carbonyl (C=O) groups excluding carboxylic acids is 2. The van der Waals surface area contributed by atoms with Crippen molar-refractivity contribution in [1.82, 2.24) is 4.90 Å². The van der Waals surface area contributed by atoms with E-state index in [1.165, 1.54) is 7.11 Å². The second kappa shape index (κ2) is 8.19. The van der Waals surface area contributed by atoms with E-state index in [1.54, 1.807) is 12.0 Å². The van der Waals surface area contributed by atoms with E-state index in [9.17, 15) is 9.59 Å². The highest BCUT2D eigenvalue weighted by atomic mass is 16.5. The molecule has 1 rings (SSSR count). The molecule has 5 nitrogen and oxygen atoms in total. The lowest BCUT2D eigenvalue weighted by molar-refractivity contribution is -0.141. The number of amides is 1. The molecule has 0 bridgehead atoms. The van der Waals surface area contributed by atoms with Gasteiger partial charge in [-0.05, 0) is 17.7 Å². The molecule has 0 heterocycles. The molecule has 0 aliphatic rings. The maximum absolute atomic E-state index is 11.9. The number of nitrogens with zero attached hydrogens (tertiary/aromatic N) is 1. The Labute approximate surface area is 119 Å². The first-order chi connectivity index (χ1) is 9.60. The zero-order valence-corrected chi connectivity index (χ0v) is 12.2. The maximum Gasteiger partial charge on any atom is 0.307 e. The van der Waals surface area contributed by atoms with E-state index < -0.39 is 0 Å². The molecule has 0 spiro atoms. The van der Waals surface area contributed by atoms with Gasteiger partial charge in [-0.25, -0.2) is 0 Å². The van der Waals surface area contributed by atoms with Crippen molar-refractivity contribution in [1.29, 1.82) is 0 Å². The van der Waals surface area contributed by atoms with Crippen LogP contribution in [0.1, 0.15) is 25.3 Å². The number of hydrogen-bond acceptors (Lipinski definition) is 4. The van der Waals surface area contributed by atoms with E-state index >= 15 is 0 Å². The van der Waals surface area contributed by atoms with Crippen molar-refractivity contribution in [2.75, 3.05) is 20.8 Å². The van der Waals surface area contributed by atoms with E-state index in [-0.39, 0.29) is 18.3 Å². The monoisotopic (exact) mass is 279 g/mol. The summed E-state index contributed by atoms with van der Waals surface area (Å²) in [5.74, 6) is 0.482. The molecule has 0 aliphatic carbocycles. The summed E-state index contributed by atoms with van der Waals surface area (Å²) in [4.78, 5) is 24.7. The van der Waals surface area contributed by atoms with Crippen LogP contribution in [0.4, 0.5) is 0 Å². The third-order valence-corrected chi connectivity index (χ3v) is 3.00. The van der Waals surface area contributed by atoms with Crippen LogP contribution >= 0.6 is 0 Å². The van der Waals surface area contributed by atoms with Crippen molar-refractivity contribution in [3.8, 4) is 5.75 Å². The maximum atomic E-state index is 11.9. The topological polar surface area (TPSA) is 55.8 Å². The van der Waals surface area contributed by atoms with Crippen molar-refractivity contribution in [2.45, 2.75) is 26.3 Å². The molecular weight excluding hydrogens is 258 g/mol. The van der Waals surface area contributed by atoms with E-state index in [4.69, 9.17) is 4.74 Å². The highest BCUT2D eigenvalue weighted by molar-refractivity contribution is 5.77. The summed E-state index contributed by atoms with van der Waals surface area (Å²) < 4.78 is 9.70. The van der Waals surface area contributed by atoms with Crippen LogP contribution in [-0.2, 0) is 20.9 Å². The third-order valence-electron chi connectivity index (χ3n) is 3.00. The van der Waals surface area contributed by atoms with Gasteiger partial charge in [0.15, 0.2) is 0 Å². The van der Waals surface area contributed by atoms with Gasteiger partial charge in [-0.2, -0.15) is 0 Å².